The lowest BCUT2D eigenvalue weighted by Crippen LogP contribution is -2.68. The number of carbonyl (C=O) groups excluding carboxylic acids is 1. The highest BCUT2D eigenvalue weighted by atomic mass is 127. The Morgan fingerprint density at radius 2 is 1.96 bits per heavy atom. The van der Waals surface area contributed by atoms with Gasteiger partial charge in [-0.3, -0.25) is 9.79 Å². The number of piperidine rings is 1. The number of nitrogens with zero attached hydrogens (tertiary/aromatic N) is 2. The smallest absolute Gasteiger partial charge is 0.229 e. The van der Waals surface area contributed by atoms with Gasteiger partial charge in [0.05, 0.1) is 12.0 Å². The van der Waals surface area contributed by atoms with E-state index >= 15 is 0 Å². The van der Waals surface area contributed by atoms with Crippen molar-refractivity contribution in [2.45, 2.75) is 18.8 Å². The molecule has 1 amide bonds. The number of aliphatic imine (C=N–C) groups is 1. The molecule has 2 saturated heterocycles. The van der Waals surface area contributed by atoms with E-state index in [-0.39, 0.29) is 35.3 Å². The summed E-state index contributed by atoms with van der Waals surface area (Å²) in [5.41, 5.74) is 1.18. The van der Waals surface area contributed by atoms with E-state index in [0.29, 0.717) is 5.92 Å². The van der Waals surface area contributed by atoms with E-state index in [1.54, 1.807) is 0 Å². The van der Waals surface area contributed by atoms with Gasteiger partial charge in [-0.15, -0.1) is 24.0 Å². The Kier molecular flexibility index (Phi) is 4.79. The molecular formula is C17H23IN4O. The highest BCUT2D eigenvalue weighted by Gasteiger charge is 2.51. The lowest BCUT2D eigenvalue weighted by atomic mass is 9.73. The Hall–Kier alpha value is -1.31. The van der Waals surface area contributed by atoms with E-state index in [9.17, 15) is 4.79 Å². The minimum Gasteiger partial charge on any atom is -0.356 e. The van der Waals surface area contributed by atoms with Crippen LogP contribution in [0.5, 0.6) is 0 Å². The van der Waals surface area contributed by atoms with E-state index in [1.165, 1.54) is 5.56 Å². The van der Waals surface area contributed by atoms with Crippen LogP contribution in [0.25, 0.3) is 0 Å². The second-order valence-electron chi connectivity index (χ2n) is 6.65. The highest BCUT2D eigenvalue weighted by Crippen LogP contribution is 2.37. The molecule has 124 valence electrons. The van der Waals surface area contributed by atoms with Gasteiger partial charge in [-0.05, 0) is 18.4 Å². The van der Waals surface area contributed by atoms with Crippen molar-refractivity contribution in [3.05, 3.63) is 35.9 Å². The van der Waals surface area contributed by atoms with Gasteiger partial charge in [-0.25, -0.2) is 0 Å². The standard InChI is InChI=1S/C17H22N4O.HI/c22-15-17(7-4-8-18-15)11-21(12-17)16-19-9-14(10-20-16)13-5-2-1-3-6-13;/h1-3,5-6,14H,4,7-12H2,(H,18,22)(H,19,20);1H. The van der Waals surface area contributed by atoms with Crippen LogP contribution < -0.4 is 10.6 Å². The van der Waals surface area contributed by atoms with Crippen LogP contribution in [0.15, 0.2) is 35.3 Å². The minimum atomic E-state index is -0.154. The predicted molar refractivity (Wildman–Crippen MR) is 101 cm³/mol. The molecule has 2 fully saturated rings. The second kappa shape index (κ2) is 6.67. The van der Waals surface area contributed by atoms with E-state index in [2.05, 4.69) is 39.8 Å². The Morgan fingerprint density at radius 1 is 1.17 bits per heavy atom. The van der Waals surface area contributed by atoms with E-state index < -0.39 is 0 Å². The number of hydrogen-bond donors (Lipinski definition) is 2. The summed E-state index contributed by atoms with van der Waals surface area (Å²) in [6.07, 6.45) is 2.10. The predicted octanol–water partition coefficient (Wildman–Crippen LogP) is 1.56. The van der Waals surface area contributed by atoms with Crippen molar-refractivity contribution in [2.24, 2.45) is 10.4 Å². The van der Waals surface area contributed by atoms with Crippen LogP contribution >= 0.6 is 24.0 Å². The van der Waals surface area contributed by atoms with E-state index in [0.717, 1.165) is 51.5 Å². The molecule has 0 radical (unpaired) electrons. The zero-order valence-electron chi connectivity index (χ0n) is 13.1. The van der Waals surface area contributed by atoms with Crippen molar-refractivity contribution in [1.82, 2.24) is 15.5 Å². The summed E-state index contributed by atoms with van der Waals surface area (Å²) in [5, 5.41) is 6.45. The fourth-order valence-corrected chi connectivity index (χ4v) is 3.76. The summed E-state index contributed by atoms with van der Waals surface area (Å²) in [6.45, 7) is 4.18. The van der Waals surface area contributed by atoms with Crippen molar-refractivity contribution >= 4 is 35.8 Å². The number of halogens is 1. The lowest BCUT2D eigenvalue weighted by molar-refractivity contribution is -0.141. The quantitative estimate of drug-likeness (QED) is 0.671. The molecule has 4 rings (SSSR count). The Balaban J connectivity index is 0.00000156. The first-order chi connectivity index (χ1) is 10.8. The average molecular weight is 426 g/mol. The molecule has 1 spiro atoms. The molecule has 1 unspecified atom stereocenters. The lowest BCUT2D eigenvalue weighted by Gasteiger charge is -2.52. The molecule has 1 aromatic rings. The first kappa shape index (κ1) is 16.5. The van der Waals surface area contributed by atoms with Gasteiger partial charge in [0, 0.05) is 32.1 Å². The summed E-state index contributed by atoms with van der Waals surface area (Å²) in [5.74, 6) is 1.64. The molecule has 3 aliphatic rings. The largest absolute Gasteiger partial charge is 0.356 e. The maximum absolute atomic E-state index is 12.1. The van der Waals surface area contributed by atoms with Gasteiger partial charge in [-0.1, -0.05) is 30.3 Å². The molecule has 1 aromatic carbocycles. The van der Waals surface area contributed by atoms with Gasteiger partial charge in [0.2, 0.25) is 5.91 Å². The number of benzene rings is 1. The van der Waals surface area contributed by atoms with Gasteiger partial charge >= 0.3 is 0 Å². The van der Waals surface area contributed by atoms with Gasteiger partial charge in [0.25, 0.3) is 0 Å². The fraction of sp³-hybridized carbons (Fsp3) is 0.529. The topological polar surface area (TPSA) is 56.7 Å². The van der Waals surface area contributed by atoms with Crippen LogP contribution in [0, 0.1) is 5.41 Å². The summed E-state index contributed by atoms with van der Waals surface area (Å²) < 4.78 is 0. The van der Waals surface area contributed by atoms with Crippen LogP contribution in [-0.4, -0.2) is 49.5 Å². The average Bonchev–Trinajstić information content (AvgIpc) is 2.55. The third-order valence-corrected chi connectivity index (χ3v) is 5.12. The van der Waals surface area contributed by atoms with Crippen molar-refractivity contribution in [2.75, 3.05) is 32.7 Å². The molecule has 5 nitrogen and oxygen atoms in total. The number of nitrogens with one attached hydrogen (secondary N) is 2. The number of amides is 1. The van der Waals surface area contributed by atoms with Crippen LogP contribution in [-0.2, 0) is 4.79 Å². The number of hydrogen-bond acceptors (Lipinski definition) is 4. The monoisotopic (exact) mass is 426 g/mol. The summed E-state index contributed by atoms with van der Waals surface area (Å²) in [4.78, 5) is 19.0. The molecule has 0 saturated carbocycles. The third-order valence-electron chi connectivity index (χ3n) is 5.12. The number of guanidine groups is 1. The second-order valence-corrected chi connectivity index (χ2v) is 6.65. The van der Waals surface area contributed by atoms with E-state index in [1.807, 2.05) is 6.07 Å². The molecule has 0 aromatic heterocycles. The van der Waals surface area contributed by atoms with Crippen molar-refractivity contribution in [3.63, 3.8) is 0 Å². The number of rotatable bonds is 1. The van der Waals surface area contributed by atoms with Crippen LogP contribution in [0.1, 0.15) is 24.3 Å². The number of carbonyl (C=O) groups is 1. The molecular weight excluding hydrogens is 403 g/mol. The molecule has 1 atom stereocenters. The van der Waals surface area contributed by atoms with Crippen molar-refractivity contribution in [3.8, 4) is 0 Å². The van der Waals surface area contributed by atoms with Crippen LogP contribution in [0.2, 0.25) is 0 Å². The van der Waals surface area contributed by atoms with Gasteiger partial charge < -0.3 is 15.5 Å². The third kappa shape index (κ3) is 3.05. The normalized spacial score (nSPS) is 25.6. The maximum atomic E-state index is 12.1. The van der Waals surface area contributed by atoms with Crippen molar-refractivity contribution in [1.29, 1.82) is 0 Å². The Morgan fingerprint density at radius 3 is 2.61 bits per heavy atom. The molecule has 6 heteroatoms. The highest BCUT2D eigenvalue weighted by molar-refractivity contribution is 14.0. The summed E-state index contributed by atoms with van der Waals surface area (Å²) in [6, 6.07) is 10.5. The SMILES string of the molecule is I.O=C1NCCCC12CN(C1=NCC(c3ccccc3)CN1)C2. The molecule has 2 N–H and O–H groups in total. The van der Waals surface area contributed by atoms with Gasteiger partial charge in [-0.2, -0.15) is 0 Å². The number of likely N-dealkylation sites (tertiary alicyclic amines) is 1. The van der Waals surface area contributed by atoms with Gasteiger partial charge in [0.15, 0.2) is 5.96 Å². The zero-order chi connectivity index (χ0) is 15.0. The Bertz CT molecular complexity index is 598. The summed E-state index contributed by atoms with van der Waals surface area (Å²) in [7, 11) is 0. The summed E-state index contributed by atoms with van der Waals surface area (Å²) >= 11 is 0. The molecule has 3 heterocycles. The Labute approximate surface area is 153 Å². The van der Waals surface area contributed by atoms with E-state index in [4.69, 9.17) is 4.99 Å². The first-order valence-corrected chi connectivity index (χ1v) is 8.13. The van der Waals surface area contributed by atoms with Crippen molar-refractivity contribution < 1.29 is 4.79 Å². The van der Waals surface area contributed by atoms with Crippen LogP contribution in [0.3, 0.4) is 0 Å². The molecule has 23 heavy (non-hydrogen) atoms. The molecule has 3 aliphatic heterocycles. The molecule has 0 aliphatic carbocycles. The first-order valence-electron chi connectivity index (χ1n) is 8.13. The minimum absolute atomic E-state index is 0. The molecule has 0 bridgehead atoms. The zero-order valence-corrected chi connectivity index (χ0v) is 15.5. The fourth-order valence-electron chi connectivity index (χ4n) is 3.76. The van der Waals surface area contributed by atoms with Gasteiger partial charge in [0.1, 0.15) is 0 Å². The maximum Gasteiger partial charge on any atom is 0.229 e. The van der Waals surface area contributed by atoms with Crippen LogP contribution in [0.4, 0.5) is 0 Å².